The summed E-state index contributed by atoms with van der Waals surface area (Å²) in [7, 11) is 0. The van der Waals surface area contributed by atoms with E-state index < -0.39 is 5.97 Å². The zero-order valence-corrected chi connectivity index (χ0v) is 11.2. The lowest BCUT2D eigenvalue weighted by atomic mass is 10.3. The van der Waals surface area contributed by atoms with Crippen molar-refractivity contribution in [2.24, 2.45) is 0 Å². The van der Waals surface area contributed by atoms with Crippen LogP contribution >= 0.6 is 34.2 Å². The van der Waals surface area contributed by atoms with Gasteiger partial charge in [-0.05, 0) is 40.8 Å². The minimum absolute atomic E-state index is 0.372. The third-order valence-electron chi connectivity index (χ3n) is 2.05. The topological polar surface area (TPSA) is 75.3 Å². The molecule has 0 saturated heterocycles. The molecule has 0 unspecified atom stereocenters. The molecule has 7 heteroatoms. The summed E-state index contributed by atoms with van der Waals surface area (Å²) in [5, 5.41) is 22.6. The van der Waals surface area contributed by atoms with Gasteiger partial charge in [0.1, 0.15) is 0 Å². The molecule has 0 aliphatic rings. The number of aromatic nitrogens is 2. The van der Waals surface area contributed by atoms with Crippen LogP contribution in [-0.4, -0.2) is 26.0 Å². The van der Waals surface area contributed by atoms with Crippen LogP contribution in [0.5, 0.6) is 5.75 Å². The molecule has 0 aliphatic carbocycles. The van der Waals surface area contributed by atoms with Crippen molar-refractivity contribution >= 4 is 40.2 Å². The van der Waals surface area contributed by atoms with Gasteiger partial charge in [0.05, 0.1) is 11.9 Å². The fraction of sp³-hybridized carbons (Fsp3) is 0. The monoisotopic (exact) mass is 364 g/mol. The Bertz CT molecular complexity index is 597. The maximum absolute atomic E-state index is 10.7. The highest BCUT2D eigenvalue weighted by Gasteiger charge is 2.16. The number of hydrogen-bond donors (Lipinski definition) is 2. The number of rotatable bonds is 2. The number of nitrogens with zero attached hydrogens (tertiary/aromatic N) is 2. The summed E-state index contributed by atoms with van der Waals surface area (Å²) in [4.78, 5) is 10.7. The van der Waals surface area contributed by atoms with E-state index >= 15 is 0 Å². The van der Waals surface area contributed by atoms with Crippen molar-refractivity contribution in [1.29, 1.82) is 0 Å². The molecule has 1 aromatic heterocycles. The first kappa shape index (κ1) is 12.2. The first-order valence-electron chi connectivity index (χ1n) is 4.46. The summed E-state index contributed by atoms with van der Waals surface area (Å²) in [6.45, 7) is 0. The Kier molecular flexibility index (Phi) is 3.25. The molecule has 1 heterocycles. The zero-order valence-electron chi connectivity index (χ0n) is 8.26. The maximum atomic E-state index is 10.7. The molecular weight excluding hydrogens is 358 g/mol. The average molecular weight is 365 g/mol. The predicted octanol–water partition coefficient (Wildman–Crippen LogP) is 2.53. The maximum Gasteiger partial charge on any atom is 0.360 e. The van der Waals surface area contributed by atoms with Gasteiger partial charge in [-0.1, -0.05) is 11.6 Å². The molecule has 0 aliphatic heterocycles. The van der Waals surface area contributed by atoms with E-state index in [1.165, 1.54) is 10.9 Å². The van der Waals surface area contributed by atoms with Gasteiger partial charge in [-0.3, -0.25) is 0 Å². The van der Waals surface area contributed by atoms with Gasteiger partial charge in [0.15, 0.2) is 5.75 Å². The number of carboxylic acids is 1. The molecule has 2 rings (SSSR count). The van der Waals surface area contributed by atoms with Crippen molar-refractivity contribution in [2.45, 2.75) is 0 Å². The number of halogens is 2. The van der Waals surface area contributed by atoms with E-state index in [4.69, 9.17) is 16.7 Å². The molecular formula is C10H6ClIN2O3. The van der Waals surface area contributed by atoms with Crippen molar-refractivity contribution < 1.29 is 15.0 Å². The second-order valence-electron chi connectivity index (χ2n) is 3.21. The lowest BCUT2D eigenvalue weighted by molar-refractivity contribution is 0.0687. The third-order valence-corrected chi connectivity index (χ3v) is 3.15. The predicted molar refractivity (Wildman–Crippen MR) is 69.9 cm³/mol. The van der Waals surface area contributed by atoms with E-state index in [9.17, 15) is 9.90 Å². The molecule has 2 aromatic rings. The van der Waals surface area contributed by atoms with E-state index in [1.54, 1.807) is 18.2 Å². The fourth-order valence-corrected chi connectivity index (χ4v) is 2.43. The molecule has 0 amide bonds. The van der Waals surface area contributed by atoms with Gasteiger partial charge in [0.2, 0.25) is 5.69 Å². The van der Waals surface area contributed by atoms with Gasteiger partial charge < -0.3 is 10.2 Å². The number of carbonyl (C=O) groups is 1. The number of carboxylic acid groups (broad SMARTS) is 1. The van der Waals surface area contributed by atoms with Crippen LogP contribution in [0.1, 0.15) is 10.5 Å². The highest BCUT2D eigenvalue weighted by atomic mass is 127. The minimum atomic E-state index is -1.27. The van der Waals surface area contributed by atoms with Crippen LogP contribution in [0.15, 0.2) is 24.4 Å². The quantitative estimate of drug-likeness (QED) is 0.803. The van der Waals surface area contributed by atoms with Crippen LogP contribution in [0, 0.1) is 3.57 Å². The molecule has 88 valence electrons. The van der Waals surface area contributed by atoms with Gasteiger partial charge in [-0.2, -0.15) is 5.10 Å². The molecule has 17 heavy (non-hydrogen) atoms. The highest BCUT2D eigenvalue weighted by Crippen LogP contribution is 2.24. The third kappa shape index (κ3) is 2.37. The van der Waals surface area contributed by atoms with E-state index in [-0.39, 0.29) is 11.4 Å². The molecule has 0 saturated carbocycles. The lowest BCUT2D eigenvalue weighted by Gasteiger charge is -2.03. The molecule has 0 spiro atoms. The van der Waals surface area contributed by atoms with Gasteiger partial charge in [0.25, 0.3) is 0 Å². The van der Waals surface area contributed by atoms with Crippen molar-refractivity contribution in [3.63, 3.8) is 0 Å². The Morgan fingerprint density at radius 2 is 2.18 bits per heavy atom. The molecule has 5 nitrogen and oxygen atoms in total. The number of benzene rings is 1. The summed E-state index contributed by atoms with van der Waals surface area (Å²) < 4.78 is 2.10. The zero-order chi connectivity index (χ0) is 12.6. The second-order valence-corrected chi connectivity index (χ2v) is 4.81. The minimum Gasteiger partial charge on any atom is -0.504 e. The van der Waals surface area contributed by atoms with E-state index in [1.807, 2.05) is 0 Å². The highest BCUT2D eigenvalue weighted by molar-refractivity contribution is 14.1. The summed E-state index contributed by atoms with van der Waals surface area (Å²) in [5.41, 5.74) is 0.272. The average Bonchev–Trinajstić information content (AvgIpc) is 2.60. The largest absolute Gasteiger partial charge is 0.504 e. The van der Waals surface area contributed by atoms with Crippen molar-refractivity contribution in [1.82, 2.24) is 9.78 Å². The van der Waals surface area contributed by atoms with E-state index in [0.29, 0.717) is 10.7 Å². The standard InChI is InChI=1S/C10H6ClIN2O3/c11-5-1-2-7(6(12)3-5)14-4-8(15)9(13-14)10(16)17/h1-4,15H,(H,16,17). The smallest absolute Gasteiger partial charge is 0.360 e. The fourth-order valence-electron chi connectivity index (χ4n) is 1.31. The van der Waals surface area contributed by atoms with Crippen LogP contribution in [0.4, 0.5) is 0 Å². The van der Waals surface area contributed by atoms with Crippen LogP contribution in [-0.2, 0) is 0 Å². The Balaban J connectivity index is 2.53. The van der Waals surface area contributed by atoms with Gasteiger partial charge in [0, 0.05) is 8.59 Å². The van der Waals surface area contributed by atoms with Gasteiger partial charge in [-0.25, -0.2) is 9.48 Å². The van der Waals surface area contributed by atoms with E-state index in [0.717, 1.165) is 3.57 Å². The summed E-state index contributed by atoms with van der Waals surface area (Å²) in [5.74, 6) is -1.64. The molecule has 1 aromatic carbocycles. The number of aromatic carboxylic acids is 1. The number of hydrogen-bond acceptors (Lipinski definition) is 3. The SMILES string of the molecule is O=C(O)c1nn(-c2ccc(Cl)cc2I)cc1O. The molecule has 0 fully saturated rings. The first-order valence-corrected chi connectivity index (χ1v) is 5.92. The summed E-state index contributed by atoms with van der Waals surface area (Å²) >= 11 is 7.87. The second kappa shape index (κ2) is 4.53. The Hall–Kier alpha value is -1.28. The van der Waals surface area contributed by atoms with Crippen molar-refractivity contribution in [3.8, 4) is 11.4 Å². The summed E-state index contributed by atoms with van der Waals surface area (Å²) in [6.07, 6.45) is 1.24. The summed E-state index contributed by atoms with van der Waals surface area (Å²) in [6, 6.07) is 5.08. The Labute approximate surface area is 115 Å². The van der Waals surface area contributed by atoms with Crippen LogP contribution in [0.2, 0.25) is 5.02 Å². The molecule has 0 bridgehead atoms. The Morgan fingerprint density at radius 3 is 2.71 bits per heavy atom. The van der Waals surface area contributed by atoms with Crippen molar-refractivity contribution in [3.05, 3.63) is 38.7 Å². The normalized spacial score (nSPS) is 10.5. The van der Waals surface area contributed by atoms with Gasteiger partial charge >= 0.3 is 5.97 Å². The molecule has 0 radical (unpaired) electrons. The lowest BCUT2D eigenvalue weighted by Crippen LogP contribution is -2.02. The van der Waals surface area contributed by atoms with E-state index in [2.05, 4.69) is 27.7 Å². The van der Waals surface area contributed by atoms with Gasteiger partial charge in [-0.15, -0.1) is 0 Å². The first-order chi connectivity index (χ1) is 7.99. The number of aromatic hydroxyl groups is 1. The van der Waals surface area contributed by atoms with Crippen LogP contribution < -0.4 is 0 Å². The molecule has 2 N–H and O–H groups in total. The Morgan fingerprint density at radius 1 is 1.47 bits per heavy atom. The van der Waals surface area contributed by atoms with Crippen LogP contribution in [0.3, 0.4) is 0 Å². The van der Waals surface area contributed by atoms with Crippen LogP contribution in [0.25, 0.3) is 5.69 Å². The van der Waals surface area contributed by atoms with Crippen molar-refractivity contribution in [2.75, 3.05) is 0 Å². The molecule has 0 atom stereocenters.